The Balaban J connectivity index is 1.33. The number of hydrogen-bond acceptors (Lipinski definition) is 2. The van der Waals surface area contributed by atoms with E-state index in [1.165, 1.54) is 43.8 Å². The Morgan fingerprint density at radius 2 is 1.26 bits per heavy atom. The van der Waals surface area contributed by atoms with Crippen molar-refractivity contribution in [3.05, 3.63) is 151 Å². The van der Waals surface area contributed by atoms with Gasteiger partial charge in [-0.1, -0.05) is 98.8 Å². The third-order valence-electron chi connectivity index (χ3n) is 9.42. The lowest BCUT2D eigenvalue weighted by Gasteiger charge is -2.28. The highest BCUT2D eigenvalue weighted by Gasteiger charge is 2.35. The van der Waals surface area contributed by atoms with Crippen LogP contribution in [0.1, 0.15) is 25.0 Å². The Hall–Kier alpha value is -5.34. The average Bonchev–Trinajstić information content (AvgIpc) is 3.52. The average molecular weight is 552 g/mol. The summed E-state index contributed by atoms with van der Waals surface area (Å²) in [7, 11) is 0. The van der Waals surface area contributed by atoms with Crippen molar-refractivity contribution in [2.24, 2.45) is 0 Å². The normalized spacial score (nSPS) is 13.5. The van der Waals surface area contributed by atoms with Gasteiger partial charge in [-0.25, -0.2) is 0 Å². The molecule has 0 bridgehead atoms. The topological polar surface area (TPSA) is 16.4 Å². The highest BCUT2D eigenvalue weighted by atomic mass is 16.3. The fourth-order valence-corrected chi connectivity index (χ4v) is 7.33. The molecule has 0 spiro atoms. The van der Waals surface area contributed by atoms with Crippen LogP contribution in [-0.2, 0) is 5.41 Å². The number of hydrogen-bond donors (Lipinski definition) is 0. The van der Waals surface area contributed by atoms with E-state index in [1.54, 1.807) is 0 Å². The predicted octanol–water partition coefficient (Wildman–Crippen LogP) is 11.7. The zero-order valence-corrected chi connectivity index (χ0v) is 24.1. The van der Waals surface area contributed by atoms with Crippen molar-refractivity contribution in [2.75, 3.05) is 4.90 Å². The molecule has 2 heteroatoms. The lowest BCUT2D eigenvalue weighted by atomic mass is 9.81. The molecular weight excluding hydrogens is 522 g/mol. The van der Waals surface area contributed by atoms with E-state index in [4.69, 9.17) is 4.42 Å². The van der Waals surface area contributed by atoms with E-state index in [1.807, 2.05) is 12.1 Å². The molecule has 0 N–H and O–H groups in total. The summed E-state index contributed by atoms with van der Waals surface area (Å²) in [6, 6.07) is 50.5. The van der Waals surface area contributed by atoms with Crippen LogP contribution in [0.2, 0.25) is 0 Å². The second kappa shape index (κ2) is 8.83. The van der Waals surface area contributed by atoms with Gasteiger partial charge in [0.05, 0.1) is 5.69 Å². The van der Waals surface area contributed by atoms with E-state index in [2.05, 4.69) is 146 Å². The maximum atomic E-state index is 6.35. The summed E-state index contributed by atoms with van der Waals surface area (Å²) in [5.74, 6) is 0. The first-order chi connectivity index (χ1) is 21.1. The van der Waals surface area contributed by atoms with E-state index in [0.29, 0.717) is 0 Å². The summed E-state index contributed by atoms with van der Waals surface area (Å²) >= 11 is 0. The van der Waals surface area contributed by atoms with Crippen LogP contribution in [0.3, 0.4) is 0 Å². The van der Waals surface area contributed by atoms with Crippen molar-refractivity contribution >= 4 is 60.5 Å². The number of furan rings is 1. The zero-order valence-electron chi connectivity index (χ0n) is 24.1. The van der Waals surface area contributed by atoms with Crippen LogP contribution < -0.4 is 4.90 Å². The summed E-state index contributed by atoms with van der Waals surface area (Å²) in [4.78, 5) is 2.38. The van der Waals surface area contributed by atoms with Crippen molar-refractivity contribution in [3.63, 3.8) is 0 Å². The molecule has 43 heavy (non-hydrogen) atoms. The molecule has 1 heterocycles. The van der Waals surface area contributed by atoms with Gasteiger partial charge in [-0.2, -0.15) is 0 Å². The first-order valence-corrected chi connectivity index (χ1v) is 14.9. The third kappa shape index (κ3) is 3.47. The monoisotopic (exact) mass is 551 g/mol. The smallest absolute Gasteiger partial charge is 0.137 e. The quantitative estimate of drug-likeness (QED) is 0.203. The van der Waals surface area contributed by atoms with Gasteiger partial charge in [0.2, 0.25) is 0 Å². The van der Waals surface area contributed by atoms with Gasteiger partial charge in [-0.3, -0.25) is 0 Å². The summed E-state index contributed by atoms with van der Waals surface area (Å²) in [5.41, 5.74) is 10.5. The Morgan fingerprint density at radius 1 is 0.488 bits per heavy atom. The maximum absolute atomic E-state index is 6.35. The van der Waals surface area contributed by atoms with Crippen LogP contribution in [0, 0.1) is 0 Å². The fourth-order valence-electron chi connectivity index (χ4n) is 7.33. The van der Waals surface area contributed by atoms with Gasteiger partial charge in [-0.15, -0.1) is 0 Å². The van der Waals surface area contributed by atoms with Gasteiger partial charge >= 0.3 is 0 Å². The molecule has 0 saturated carbocycles. The third-order valence-corrected chi connectivity index (χ3v) is 9.42. The van der Waals surface area contributed by atoms with E-state index in [9.17, 15) is 0 Å². The largest absolute Gasteiger partial charge is 0.456 e. The second-order valence-corrected chi connectivity index (χ2v) is 12.2. The van der Waals surface area contributed by atoms with Gasteiger partial charge < -0.3 is 9.32 Å². The van der Waals surface area contributed by atoms with Gasteiger partial charge in [-0.05, 0) is 86.9 Å². The molecule has 1 aliphatic rings. The second-order valence-electron chi connectivity index (χ2n) is 12.2. The molecule has 9 rings (SSSR count). The molecule has 0 radical (unpaired) electrons. The minimum Gasteiger partial charge on any atom is -0.456 e. The van der Waals surface area contributed by atoms with Crippen LogP contribution in [0.4, 0.5) is 17.1 Å². The Bertz CT molecular complexity index is 2380. The Labute approximate surface area is 250 Å². The molecule has 0 unspecified atom stereocenters. The molecule has 8 aromatic rings. The van der Waals surface area contributed by atoms with Crippen molar-refractivity contribution in [1.29, 1.82) is 0 Å². The maximum Gasteiger partial charge on any atom is 0.137 e. The molecule has 0 atom stereocenters. The van der Waals surface area contributed by atoms with E-state index in [-0.39, 0.29) is 5.41 Å². The van der Waals surface area contributed by atoms with Crippen molar-refractivity contribution in [1.82, 2.24) is 0 Å². The van der Waals surface area contributed by atoms with Crippen LogP contribution in [-0.4, -0.2) is 0 Å². The first-order valence-electron chi connectivity index (χ1n) is 14.9. The lowest BCUT2D eigenvalue weighted by Crippen LogP contribution is -2.15. The zero-order chi connectivity index (χ0) is 28.7. The molecule has 7 aromatic carbocycles. The van der Waals surface area contributed by atoms with Crippen molar-refractivity contribution in [3.8, 4) is 11.1 Å². The summed E-state index contributed by atoms with van der Waals surface area (Å²) in [6.07, 6.45) is 0. The van der Waals surface area contributed by atoms with E-state index >= 15 is 0 Å². The van der Waals surface area contributed by atoms with Crippen molar-refractivity contribution in [2.45, 2.75) is 19.3 Å². The minimum atomic E-state index is -0.0668. The van der Waals surface area contributed by atoms with Crippen molar-refractivity contribution < 1.29 is 4.42 Å². The highest BCUT2D eigenvalue weighted by Crippen LogP contribution is 2.51. The van der Waals surface area contributed by atoms with Gasteiger partial charge in [0.25, 0.3) is 0 Å². The number of anilines is 3. The van der Waals surface area contributed by atoms with Crippen LogP contribution in [0.15, 0.2) is 144 Å². The standard InChI is InChI=1S/C41H29NO/c1-41(2)35-16-8-6-14-30(35)34-23-27-20-19-26-11-10-17-37(40(26)33(27)25-36(34)41)42(28-12-4-3-5-13-28)29-21-22-32-31-15-7-9-18-38(31)43-39(32)24-29/h3-25H,1-2H3. The van der Waals surface area contributed by atoms with Crippen LogP contribution in [0.5, 0.6) is 0 Å². The number of para-hydroxylation sites is 2. The summed E-state index contributed by atoms with van der Waals surface area (Å²) < 4.78 is 6.35. The summed E-state index contributed by atoms with van der Waals surface area (Å²) in [6.45, 7) is 4.71. The fraction of sp³-hybridized carbons (Fsp3) is 0.0732. The molecule has 2 nitrogen and oxygen atoms in total. The molecular formula is C41H29NO. The van der Waals surface area contributed by atoms with Gasteiger partial charge in [0.15, 0.2) is 0 Å². The molecule has 0 fully saturated rings. The lowest BCUT2D eigenvalue weighted by molar-refractivity contribution is 0.661. The van der Waals surface area contributed by atoms with Gasteiger partial charge in [0, 0.05) is 39.0 Å². The summed E-state index contributed by atoms with van der Waals surface area (Å²) in [5, 5.41) is 7.29. The molecule has 0 saturated heterocycles. The molecule has 0 aliphatic heterocycles. The Morgan fingerprint density at radius 3 is 2.16 bits per heavy atom. The van der Waals surface area contributed by atoms with E-state index in [0.717, 1.165) is 39.0 Å². The SMILES string of the molecule is CC1(C)c2ccccc2-c2cc3ccc4cccc(N(c5ccccc5)c5ccc6c(c5)oc5ccccc56)c4c3cc21. The van der Waals surface area contributed by atoms with Crippen LogP contribution >= 0.6 is 0 Å². The number of fused-ring (bicyclic) bond motifs is 9. The molecule has 0 amide bonds. The number of rotatable bonds is 3. The molecule has 1 aromatic heterocycles. The Kier molecular flexibility index (Phi) is 4.99. The molecule has 204 valence electrons. The van der Waals surface area contributed by atoms with Gasteiger partial charge in [0.1, 0.15) is 11.2 Å². The predicted molar refractivity (Wildman–Crippen MR) is 181 cm³/mol. The van der Waals surface area contributed by atoms with Crippen LogP contribution in [0.25, 0.3) is 54.6 Å². The highest BCUT2D eigenvalue weighted by molar-refractivity contribution is 6.17. The number of nitrogens with zero attached hydrogens (tertiary/aromatic N) is 1. The minimum absolute atomic E-state index is 0.0668. The number of benzene rings is 7. The first kappa shape index (κ1) is 24.3. The molecule has 1 aliphatic carbocycles. The van der Waals surface area contributed by atoms with E-state index < -0.39 is 0 Å².